The lowest BCUT2D eigenvalue weighted by atomic mass is 10.2. The molecule has 0 saturated heterocycles. The summed E-state index contributed by atoms with van der Waals surface area (Å²) in [6.07, 6.45) is 0. The van der Waals surface area contributed by atoms with Gasteiger partial charge in [-0.2, -0.15) is 0 Å². The fraction of sp³-hybridized carbons (Fsp3) is 0.364. The second-order valence-electron chi connectivity index (χ2n) is 3.82. The molecule has 16 heavy (non-hydrogen) atoms. The van der Waals surface area contributed by atoms with Crippen LogP contribution in [0.25, 0.3) is 0 Å². The van der Waals surface area contributed by atoms with Gasteiger partial charge in [0.25, 0.3) is 0 Å². The number of amides is 1. The van der Waals surface area contributed by atoms with Gasteiger partial charge in [0, 0.05) is 11.7 Å². The number of anilines is 2. The van der Waals surface area contributed by atoms with E-state index < -0.39 is 5.82 Å². The number of carbonyl (C=O) groups excluding carboxylic acids is 1. The third-order valence-corrected chi connectivity index (χ3v) is 1.88. The van der Waals surface area contributed by atoms with E-state index in [0.717, 1.165) is 0 Å². The maximum absolute atomic E-state index is 13.3. The van der Waals surface area contributed by atoms with Crippen LogP contribution in [-0.2, 0) is 4.79 Å². The van der Waals surface area contributed by atoms with Gasteiger partial charge in [0.15, 0.2) is 0 Å². The van der Waals surface area contributed by atoms with Crippen LogP contribution in [-0.4, -0.2) is 18.5 Å². The highest BCUT2D eigenvalue weighted by atomic mass is 19.1. The lowest BCUT2D eigenvalue weighted by Crippen LogP contribution is -2.34. The largest absolute Gasteiger partial charge is 0.399 e. The molecule has 0 radical (unpaired) electrons. The molecule has 1 rings (SSSR count). The molecule has 0 bridgehead atoms. The molecule has 88 valence electrons. The summed E-state index contributed by atoms with van der Waals surface area (Å²) < 4.78 is 13.3. The van der Waals surface area contributed by atoms with Gasteiger partial charge in [-0.05, 0) is 32.0 Å². The minimum atomic E-state index is -0.461. The molecule has 0 aliphatic rings. The quantitative estimate of drug-likeness (QED) is 0.677. The van der Waals surface area contributed by atoms with Crippen molar-refractivity contribution in [2.75, 3.05) is 17.6 Å². The van der Waals surface area contributed by atoms with Crippen molar-refractivity contribution in [2.45, 2.75) is 19.9 Å². The van der Waals surface area contributed by atoms with Crippen LogP contribution in [0, 0.1) is 5.82 Å². The Balaban J connectivity index is 2.51. The Labute approximate surface area is 94.0 Å². The summed E-state index contributed by atoms with van der Waals surface area (Å²) in [5.41, 5.74) is 6.03. The smallest absolute Gasteiger partial charge is 0.239 e. The molecule has 5 heteroatoms. The van der Waals surface area contributed by atoms with E-state index in [0.29, 0.717) is 5.69 Å². The van der Waals surface area contributed by atoms with E-state index in [1.54, 1.807) is 6.07 Å². The van der Waals surface area contributed by atoms with Crippen molar-refractivity contribution < 1.29 is 9.18 Å². The Morgan fingerprint density at radius 3 is 2.75 bits per heavy atom. The highest BCUT2D eigenvalue weighted by Gasteiger charge is 2.05. The van der Waals surface area contributed by atoms with Crippen molar-refractivity contribution >= 4 is 17.3 Å². The standard InChI is InChI=1S/C11H16FN3O/c1-7(2)15-11(16)6-14-10-4-3-8(13)5-9(10)12/h3-5,7,14H,6,13H2,1-2H3,(H,15,16). The second kappa shape index (κ2) is 5.34. The number of nitrogens with one attached hydrogen (secondary N) is 2. The first-order valence-corrected chi connectivity index (χ1v) is 5.07. The van der Waals surface area contributed by atoms with Gasteiger partial charge in [0.1, 0.15) is 5.82 Å². The van der Waals surface area contributed by atoms with Gasteiger partial charge in [0.05, 0.1) is 12.2 Å². The third-order valence-electron chi connectivity index (χ3n) is 1.88. The molecule has 0 atom stereocenters. The van der Waals surface area contributed by atoms with Gasteiger partial charge in [-0.3, -0.25) is 4.79 Å². The van der Waals surface area contributed by atoms with Gasteiger partial charge >= 0.3 is 0 Å². The zero-order chi connectivity index (χ0) is 12.1. The van der Waals surface area contributed by atoms with Crippen LogP contribution in [0.5, 0.6) is 0 Å². The molecule has 0 aromatic heterocycles. The van der Waals surface area contributed by atoms with Crippen LogP contribution in [0.2, 0.25) is 0 Å². The van der Waals surface area contributed by atoms with Crippen molar-refractivity contribution in [2.24, 2.45) is 0 Å². The molecule has 0 heterocycles. The summed E-state index contributed by atoms with van der Waals surface area (Å²) in [7, 11) is 0. The van der Waals surface area contributed by atoms with Gasteiger partial charge in [-0.1, -0.05) is 0 Å². The lowest BCUT2D eigenvalue weighted by molar-refractivity contribution is -0.119. The number of carbonyl (C=O) groups is 1. The van der Waals surface area contributed by atoms with Crippen molar-refractivity contribution in [1.82, 2.24) is 5.32 Å². The lowest BCUT2D eigenvalue weighted by Gasteiger charge is -2.10. The molecule has 0 spiro atoms. The van der Waals surface area contributed by atoms with Gasteiger partial charge in [0.2, 0.25) is 5.91 Å². The molecule has 1 aromatic rings. The number of hydrogen-bond acceptors (Lipinski definition) is 3. The number of nitrogens with two attached hydrogens (primary N) is 1. The predicted octanol–water partition coefficient (Wildman–Crippen LogP) is 1.34. The Hall–Kier alpha value is -1.78. The topological polar surface area (TPSA) is 67.2 Å². The molecular weight excluding hydrogens is 209 g/mol. The number of hydrogen-bond donors (Lipinski definition) is 3. The van der Waals surface area contributed by atoms with Gasteiger partial charge in [-0.25, -0.2) is 4.39 Å². The number of halogens is 1. The molecule has 0 aliphatic heterocycles. The molecule has 0 aliphatic carbocycles. The van der Waals surface area contributed by atoms with Crippen LogP contribution in [0.1, 0.15) is 13.8 Å². The van der Waals surface area contributed by atoms with Crippen molar-refractivity contribution in [1.29, 1.82) is 0 Å². The first kappa shape index (κ1) is 12.3. The van der Waals surface area contributed by atoms with Gasteiger partial charge < -0.3 is 16.4 Å². The van der Waals surface area contributed by atoms with E-state index in [1.807, 2.05) is 13.8 Å². The summed E-state index contributed by atoms with van der Waals surface area (Å²) >= 11 is 0. The molecule has 4 nitrogen and oxygen atoms in total. The predicted molar refractivity (Wildman–Crippen MR) is 62.6 cm³/mol. The van der Waals surface area contributed by atoms with Crippen molar-refractivity contribution in [3.05, 3.63) is 24.0 Å². The number of nitrogen functional groups attached to an aromatic ring is 1. The minimum absolute atomic E-state index is 0.0407. The van der Waals surface area contributed by atoms with Crippen LogP contribution in [0.3, 0.4) is 0 Å². The van der Waals surface area contributed by atoms with E-state index >= 15 is 0 Å². The number of benzene rings is 1. The summed E-state index contributed by atoms with van der Waals surface area (Å²) in [4.78, 5) is 11.3. The third kappa shape index (κ3) is 3.76. The van der Waals surface area contributed by atoms with Crippen molar-refractivity contribution in [3.63, 3.8) is 0 Å². The Kier molecular flexibility index (Phi) is 4.10. The second-order valence-corrected chi connectivity index (χ2v) is 3.82. The molecule has 1 aromatic carbocycles. The molecule has 0 unspecified atom stereocenters. The molecule has 1 amide bonds. The SMILES string of the molecule is CC(C)NC(=O)CNc1ccc(N)cc1F. The maximum atomic E-state index is 13.3. The summed E-state index contributed by atoms with van der Waals surface area (Å²) in [5.74, 6) is -0.636. The average Bonchev–Trinajstić information content (AvgIpc) is 2.15. The Morgan fingerprint density at radius 2 is 2.19 bits per heavy atom. The van der Waals surface area contributed by atoms with E-state index in [4.69, 9.17) is 5.73 Å². The fourth-order valence-corrected chi connectivity index (χ4v) is 1.22. The van der Waals surface area contributed by atoms with E-state index in [2.05, 4.69) is 10.6 Å². The monoisotopic (exact) mass is 225 g/mol. The maximum Gasteiger partial charge on any atom is 0.239 e. The highest BCUT2D eigenvalue weighted by Crippen LogP contribution is 2.16. The van der Waals surface area contributed by atoms with Crippen molar-refractivity contribution in [3.8, 4) is 0 Å². The molecule has 0 fully saturated rings. The fourth-order valence-electron chi connectivity index (χ4n) is 1.22. The van der Waals surface area contributed by atoms with Crippen LogP contribution < -0.4 is 16.4 Å². The highest BCUT2D eigenvalue weighted by molar-refractivity contribution is 5.81. The minimum Gasteiger partial charge on any atom is -0.399 e. The van der Waals surface area contributed by atoms with E-state index in [9.17, 15) is 9.18 Å². The normalized spacial score (nSPS) is 10.2. The van der Waals surface area contributed by atoms with Gasteiger partial charge in [-0.15, -0.1) is 0 Å². The first-order chi connectivity index (χ1) is 7.49. The number of rotatable bonds is 4. The van der Waals surface area contributed by atoms with E-state index in [-0.39, 0.29) is 24.2 Å². The molecule has 4 N–H and O–H groups in total. The van der Waals surface area contributed by atoms with Crippen LogP contribution in [0.15, 0.2) is 18.2 Å². The van der Waals surface area contributed by atoms with E-state index in [1.165, 1.54) is 12.1 Å². The average molecular weight is 225 g/mol. The molecule has 0 saturated carbocycles. The zero-order valence-electron chi connectivity index (χ0n) is 9.38. The zero-order valence-corrected chi connectivity index (χ0v) is 9.38. The van der Waals surface area contributed by atoms with Crippen LogP contribution >= 0.6 is 0 Å². The Bertz CT molecular complexity index is 379. The first-order valence-electron chi connectivity index (χ1n) is 5.07. The van der Waals surface area contributed by atoms with Crippen LogP contribution in [0.4, 0.5) is 15.8 Å². The molecular formula is C11H16FN3O. The Morgan fingerprint density at radius 1 is 1.50 bits per heavy atom. The summed E-state index contributed by atoms with van der Waals surface area (Å²) in [6, 6.07) is 4.37. The summed E-state index contributed by atoms with van der Waals surface area (Å²) in [6.45, 7) is 3.77. The summed E-state index contributed by atoms with van der Waals surface area (Å²) in [5, 5.41) is 5.40.